The molecule has 3 rings (SSSR count). The number of aromatic amines is 1. The molecule has 1 amide bonds. The van der Waals surface area contributed by atoms with Crippen molar-refractivity contribution in [2.75, 3.05) is 19.5 Å². The van der Waals surface area contributed by atoms with Crippen LogP contribution in [0.2, 0.25) is 0 Å². The molecule has 0 saturated carbocycles. The average Bonchev–Trinajstić information content (AvgIpc) is 3.16. The van der Waals surface area contributed by atoms with Gasteiger partial charge in [-0.25, -0.2) is 4.68 Å². The largest absolute Gasteiger partial charge is 0.497 e. The van der Waals surface area contributed by atoms with Gasteiger partial charge in [0.05, 0.1) is 24.7 Å². The zero-order valence-electron chi connectivity index (χ0n) is 14.7. The first-order chi connectivity index (χ1) is 12.0. The number of H-pyrrole nitrogens is 1. The van der Waals surface area contributed by atoms with Crippen LogP contribution in [0.1, 0.15) is 18.2 Å². The van der Waals surface area contributed by atoms with Gasteiger partial charge >= 0.3 is 0 Å². The molecule has 0 aliphatic heterocycles. The third-order valence-corrected chi connectivity index (χ3v) is 4.06. The summed E-state index contributed by atoms with van der Waals surface area (Å²) >= 11 is 0. The van der Waals surface area contributed by atoms with Gasteiger partial charge in [-0.15, -0.1) is 0 Å². The van der Waals surface area contributed by atoms with Crippen molar-refractivity contribution < 1.29 is 14.3 Å². The van der Waals surface area contributed by atoms with Crippen molar-refractivity contribution in [2.24, 2.45) is 0 Å². The average molecular weight is 343 g/mol. The number of benzene rings is 1. The minimum Gasteiger partial charge on any atom is -0.497 e. The molecule has 132 valence electrons. The molecule has 1 atom stereocenters. The number of methoxy groups -OCH3 is 2. The third-order valence-electron chi connectivity index (χ3n) is 4.06. The molecule has 0 bridgehead atoms. The predicted octanol–water partition coefficient (Wildman–Crippen LogP) is 2.10. The van der Waals surface area contributed by atoms with Gasteiger partial charge in [-0.3, -0.25) is 9.89 Å². The van der Waals surface area contributed by atoms with Crippen molar-refractivity contribution in [2.45, 2.75) is 26.5 Å². The SMILES string of the molecule is COc1cccc(Cn2nc(C)c3c(NC(=O)C(C)OC)[nH]nc32)c1. The van der Waals surface area contributed by atoms with Crippen LogP contribution < -0.4 is 10.1 Å². The first-order valence-corrected chi connectivity index (χ1v) is 7.91. The Morgan fingerprint density at radius 1 is 1.40 bits per heavy atom. The van der Waals surface area contributed by atoms with E-state index < -0.39 is 6.10 Å². The van der Waals surface area contributed by atoms with E-state index in [-0.39, 0.29) is 5.91 Å². The van der Waals surface area contributed by atoms with Crippen LogP contribution in [0.15, 0.2) is 24.3 Å². The van der Waals surface area contributed by atoms with Crippen LogP contribution in [0, 0.1) is 6.92 Å². The molecule has 3 aromatic rings. The summed E-state index contributed by atoms with van der Waals surface area (Å²) in [5.74, 6) is 1.08. The lowest BCUT2D eigenvalue weighted by atomic mass is 10.2. The van der Waals surface area contributed by atoms with Crippen LogP contribution in [0.25, 0.3) is 11.0 Å². The van der Waals surface area contributed by atoms with Crippen molar-refractivity contribution in [1.29, 1.82) is 0 Å². The highest BCUT2D eigenvalue weighted by atomic mass is 16.5. The van der Waals surface area contributed by atoms with Crippen LogP contribution in [0.3, 0.4) is 0 Å². The molecule has 0 aliphatic carbocycles. The van der Waals surface area contributed by atoms with Crippen molar-refractivity contribution in [1.82, 2.24) is 20.0 Å². The molecular weight excluding hydrogens is 322 g/mol. The lowest BCUT2D eigenvalue weighted by Gasteiger charge is -2.08. The molecule has 0 saturated heterocycles. The predicted molar refractivity (Wildman–Crippen MR) is 93.8 cm³/mol. The van der Waals surface area contributed by atoms with Gasteiger partial charge in [0.1, 0.15) is 17.7 Å². The Morgan fingerprint density at radius 2 is 2.20 bits per heavy atom. The van der Waals surface area contributed by atoms with E-state index in [1.807, 2.05) is 31.2 Å². The summed E-state index contributed by atoms with van der Waals surface area (Å²) in [7, 11) is 3.13. The van der Waals surface area contributed by atoms with Crippen molar-refractivity contribution in [3.05, 3.63) is 35.5 Å². The summed E-state index contributed by atoms with van der Waals surface area (Å²) < 4.78 is 12.1. The minimum absolute atomic E-state index is 0.243. The van der Waals surface area contributed by atoms with Gasteiger partial charge in [-0.05, 0) is 31.5 Å². The second-order valence-corrected chi connectivity index (χ2v) is 5.76. The Bertz CT molecular complexity index is 899. The number of ether oxygens (including phenoxy) is 2. The summed E-state index contributed by atoms with van der Waals surface area (Å²) in [5, 5.41) is 15.3. The third kappa shape index (κ3) is 3.34. The second-order valence-electron chi connectivity index (χ2n) is 5.76. The highest BCUT2D eigenvalue weighted by Crippen LogP contribution is 2.25. The first-order valence-electron chi connectivity index (χ1n) is 7.91. The smallest absolute Gasteiger partial charge is 0.254 e. The number of amides is 1. The Balaban J connectivity index is 1.90. The molecule has 25 heavy (non-hydrogen) atoms. The molecular formula is C17H21N5O3. The fourth-order valence-corrected chi connectivity index (χ4v) is 2.62. The lowest BCUT2D eigenvalue weighted by Crippen LogP contribution is -2.26. The number of aromatic nitrogens is 4. The van der Waals surface area contributed by atoms with Gasteiger partial charge in [-0.1, -0.05) is 12.1 Å². The molecule has 1 aromatic carbocycles. The quantitative estimate of drug-likeness (QED) is 0.715. The molecule has 8 nitrogen and oxygen atoms in total. The van der Waals surface area contributed by atoms with Gasteiger partial charge in [-0.2, -0.15) is 10.2 Å². The van der Waals surface area contributed by atoms with E-state index >= 15 is 0 Å². The molecule has 2 aromatic heterocycles. The summed E-state index contributed by atoms with van der Waals surface area (Å²) in [4.78, 5) is 12.0. The van der Waals surface area contributed by atoms with E-state index in [4.69, 9.17) is 9.47 Å². The van der Waals surface area contributed by atoms with Gasteiger partial charge < -0.3 is 14.8 Å². The number of hydrogen-bond acceptors (Lipinski definition) is 5. The molecule has 8 heteroatoms. The Kier molecular flexibility index (Phi) is 4.71. The van der Waals surface area contributed by atoms with E-state index in [1.165, 1.54) is 7.11 Å². The summed E-state index contributed by atoms with van der Waals surface area (Å²) in [6.45, 7) is 4.12. The van der Waals surface area contributed by atoms with E-state index in [0.29, 0.717) is 18.0 Å². The van der Waals surface area contributed by atoms with Gasteiger partial charge in [0, 0.05) is 7.11 Å². The molecule has 0 fully saturated rings. The van der Waals surface area contributed by atoms with Gasteiger partial charge in [0.25, 0.3) is 5.91 Å². The number of rotatable bonds is 6. The number of hydrogen-bond donors (Lipinski definition) is 2. The maximum Gasteiger partial charge on any atom is 0.254 e. The molecule has 2 heterocycles. The van der Waals surface area contributed by atoms with Gasteiger partial charge in [0.15, 0.2) is 5.65 Å². The number of anilines is 1. The topological polar surface area (TPSA) is 94.1 Å². The number of nitrogens with one attached hydrogen (secondary N) is 2. The zero-order valence-corrected chi connectivity index (χ0v) is 14.7. The zero-order chi connectivity index (χ0) is 18.0. The Morgan fingerprint density at radius 3 is 2.92 bits per heavy atom. The second kappa shape index (κ2) is 6.94. The van der Waals surface area contributed by atoms with Crippen LogP contribution in [-0.4, -0.2) is 46.2 Å². The fraction of sp³-hybridized carbons (Fsp3) is 0.353. The van der Waals surface area contributed by atoms with E-state index in [2.05, 4.69) is 20.6 Å². The summed E-state index contributed by atoms with van der Waals surface area (Å²) in [5.41, 5.74) is 2.51. The van der Waals surface area contributed by atoms with Gasteiger partial charge in [0.2, 0.25) is 0 Å². The Hall–Kier alpha value is -2.87. The van der Waals surface area contributed by atoms with E-state index in [0.717, 1.165) is 22.4 Å². The monoisotopic (exact) mass is 343 g/mol. The molecule has 0 aliphatic rings. The number of carbonyl (C=O) groups excluding carboxylic acids is 1. The molecule has 0 radical (unpaired) electrons. The van der Waals surface area contributed by atoms with E-state index in [9.17, 15) is 4.79 Å². The van der Waals surface area contributed by atoms with E-state index in [1.54, 1.807) is 18.7 Å². The van der Waals surface area contributed by atoms with Crippen molar-refractivity contribution >= 4 is 22.8 Å². The van der Waals surface area contributed by atoms with Crippen LogP contribution in [-0.2, 0) is 16.1 Å². The molecule has 2 N–H and O–H groups in total. The molecule has 0 spiro atoms. The fourth-order valence-electron chi connectivity index (χ4n) is 2.62. The summed E-state index contributed by atoms with van der Waals surface area (Å²) in [6, 6.07) is 7.79. The lowest BCUT2D eigenvalue weighted by molar-refractivity contribution is -0.124. The highest BCUT2D eigenvalue weighted by molar-refractivity contribution is 6.01. The van der Waals surface area contributed by atoms with Crippen LogP contribution >= 0.6 is 0 Å². The number of fused-ring (bicyclic) bond motifs is 1. The van der Waals surface area contributed by atoms with Crippen LogP contribution in [0.4, 0.5) is 5.82 Å². The minimum atomic E-state index is -0.550. The van der Waals surface area contributed by atoms with Crippen molar-refractivity contribution in [3.8, 4) is 5.75 Å². The summed E-state index contributed by atoms with van der Waals surface area (Å²) in [6.07, 6.45) is -0.550. The standard InChI is InChI=1S/C17H21N5O3/c1-10-14-15(18-17(23)11(2)24-3)19-20-16(14)22(21-10)9-12-6-5-7-13(8-12)25-4/h5-8,11H,9H2,1-4H3,(H2,18,19,20,23). The number of carbonyl (C=O) groups is 1. The maximum absolute atomic E-state index is 12.0. The number of nitrogens with zero attached hydrogens (tertiary/aromatic N) is 3. The highest BCUT2D eigenvalue weighted by Gasteiger charge is 2.19. The Labute approximate surface area is 145 Å². The maximum atomic E-state index is 12.0. The van der Waals surface area contributed by atoms with Crippen molar-refractivity contribution in [3.63, 3.8) is 0 Å². The first kappa shape index (κ1) is 17.0. The molecule has 1 unspecified atom stereocenters. The van der Waals surface area contributed by atoms with Crippen LogP contribution in [0.5, 0.6) is 5.75 Å². The number of aryl methyl sites for hydroxylation is 1. The normalized spacial score (nSPS) is 12.3.